The minimum absolute atomic E-state index is 0.0386. The molecule has 5 heteroatoms. The zero-order valence-corrected chi connectivity index (χ0v) is 9.81. The van der Waals surface area contributed by atoms with Crippen LogP contribution < -0.4 is 0 Å². The highest BCUT2D eigenvalue weighted by Gasteiger charge is 2.68. The summed E-state index contributed by atoms with van der Waals surface area (Å²) in [6.45, 7) is 3.32. The minimum atomic E-state index is -0.586. The summed E-state index contributed by atoms with van der Waals surface area (Å²) in [6.07, 6.45) is 2.07. The van der Waals surface area contributed by atoms with Crippen molar-refractivity contribution in [2.24, 2.45) is 11.3 Å². The Morgan fingerprint density at radius 2 is 2.06 bits per heavy atom. The molecular formula is C12H16O5. The van der Waals surface area contributed by atoms with Gasteiger partial charge in [0.15, 0.2) is 5.79 Å². The second kappa shape index (κ2) is 3.02. The van der Waals surface area contributed by atoms with E-state index in [4.69, 9.17) is 18.9 Å². The third-order valence-electron chi connectivity index (χ3n) is 4.83. The normalized spacial score (nSPS) is 50.6. The molecule has 4 atom stereocenters. The van der Waals surface area contributed by atoms with E-state index < -0.39 is 5.79 Å². The quantitative estimate of drug-likeness (QED) is 0.463. The number of epoxide rings is 1. The number of carbonyl (C=O) groups is 1. The lowest BCUT2D eigenvalue weighted by atomic mass is 9.73. The fraction of sp³-hybridized carbons (Fsp3) is 0.917. The van der Waals surface area contributed by atoms with Gasteiger partial charge >= 0.3 is 5.97 Å². The summed E-state index contributed by atoms with van der Waals surface area (Å²) in [7, 11) is 0. The van der Waals surface area contributed by atoms with Crippen LogP contribution in [0.1, 0.15) is 26.2 Å². The first kappa shape index (κ1) is 10.3. The monoisotopic (exact) mass is 240 g/mol. The summed E-state index contributed by atoms with van der Waals surface area (Å²) in [5.41, 5.74) is -0.309. The molecule has 5 nitrogen and oxygen atoms in total. The molecule has 0 amide bonds. The fourth-order valence-electron chi connectivity index (χ4n) is 3.80. The molecule has 0 N–H and O–H groups in total. The highest BCUT2D eigenvalue weighted by atomic mass is 16.8. The smallest absolute Gasteiger partial charge is 0.312 e. The van der Waals surface area contributed by atoms with Crippen molar-refractivity contribution in [3.63, 3.8) is 0 Å². The molecule has 0 aromatic carbocycles. The van der Waals surface area contributed by atoms with Crippen LogP contribution in [0.2, 0.25) is 0 Å². The van der Waals surface area contributed by atoms with E-state index in [-0.39, 0.29) is 29.7 Å². The predicted molar refractivity (Wildman–Crippen MR) is 54.8 cm³/mol. The molecular weight excluding hydrogens is 224 g/mol. The summed E-state index contributed by atoms with van der Waals surface area (Å²) in [4.78, 5) is 12.1. The van der Waals surface area contributed by atoms with E-state index in [9.17, 15) is 4.79 Å². The van der Waals surface area contributed by atoms with Gasteiger partial charge in [-0.2, -0.15) is 0 Å². The molecule has 4 fully saturated rings. The number of hydrogen-bond acceptors (Lipinski definition) is 5. The lowest BCUT2D eigenvalue weighted by Crippen LogP contribution is -2.48. The van der Waals surface area contributed by atoms with Gasteiger partial charge in [-0.05, 0) is 12.8 Å². The molecule has 1 aliphatic carbocycles. The van der Waals surface area contributed by atoms with Crippen molar-refractivity contribution in [1.82, 2.24) is 0 Å². The van der Waals surface area contributed by atoms with Crippen LogP contribution in [-0.4, -0.2) is 37.4 Å². The first-order valence-electron chi connectivity index (χ1n) is 6.29. The molecule has 3 saturated heterocycles. The molecule has 0 aromatic rings. The second-order valence-electron chi connectivity index (χ2n) is 5.64. The number of ether oxygens (including phenoxy) is 4. The van der Waals surface area contributed by atoms with E-state index in [2.05, 4.69) is 6.92 Å². The van der Waals surface area contributed by atoms with Crippen molar-refractivity contribution in [1.29, 1.82) is 0 Å². The second-order valence-corrected chi connectivity index (χ2v) is 5.64. The summed E-state index contributed by atoms with van der Waals surface area (Å²) < 4.78 is 22.4. The maximum Gasteiger partial charge on any atom is 0.312 e. The zero-order chi connectivity index (χ0) is 11.7. The van der Waals surface area contributed by atoms with E-state index in [0.29, 0.717) is 13.2 Å². The first-order valence-corrected chi connectivity index (χ1v) is 6.29. The summed E-state index contributed by atoms with van der Waals surface area (Å²) in [6, 6.07) is 0. The maximum atomic E-state index is 12.1. The minimum Gasteiger partial charge on any atom is -0.433 e. The SMILES string of the molecule is CC12CC3OC3OC(=O)C1CCC21OCCO1. The van der Waals surface area contributed by atoms with Gasteiger partial charge in [0.2, 0.25) is 6.29 Å². The van der Waals surface area contributed by atoms with Crippen LogP contribution in [0.25, 0.3) is 0 Å². The van der Waals surface area contributed by atoms with E-state index >= 15 is 0 Å². The average molecular weight is 240 g/mol. The number of hydrogen-bond donors (Lipinski definition) is 0. The Morgan fingerprint density at radius 3 is 2.82 bits per heavy atom. The van der Waals surface area contributed by atoms with Crippen LogP contribution in [0.4, 0.5) is 0 Å². The van der Waals surface area contributed by atoms with Gasteiger partial charge in [-0.1, -0.05) is 6.92 Å². The number of fused-ring (bicyclic) bond motifs is 3. The van der Waals surface area contributed by atoms with Crippen LogP contribution in [0.5, 0.6) is 0 Å². The molecule has 3 aliphatic heterocycles. The highest BCUT2D eigenvalue weighted by Crippen LogP contribution is 2.60. The fourth-order valence-corrected chi connectivity index (χ4v) is 3.80. The first-order chi connectivity index (χ1) is 8.15. The third kappa shape index (κ3) is 1.17. The van der Waals surface area contributed by atoms with E-state index in [0.717, 1.165) is 19.3 Å². The van der Waals surface area contributed by atoms with Gasteiger partial charge in [-0.15, -0.1) is 0 Å². The number of esters is 1. The number of carbonyl (C=O) groups excluding carboxylic acids is 1. The average Bonchev–Trinajstić information content (AvgIpc) is 2.76. The predicted octanol–water partition coefficient (Wildman–Crippen LogP) is 0.818. The van der Waals surface area contributed by atoms with Gasteiger partial charge in [-0.3, -0.25) is 4.79 Å². The number of rotatable bonds is 0. The van der Waals surface area contributed by atoms with E-state index in [1.54, 1.807) is 0 Å². The van der Waals surface area contributed by atoms with Crippen molar-refractivity contribution in [3.8, 4) is 0 Å². The van der Waals surface area contributed by atoms with Gasteiger partial charge in [0, 0.05) is 11.8 Å². The Bertz CT molecular complexity index is 375. The molecule has 1 saturated carbocycles. The van der Waals surface area contributed by atoms with Gasteiger partial charge in [0.25, 0.3) is 0 Å². The van der Waals surface area contributed by atoms with E-state index in [1.807, 2.05) is 0 Å². The maximum absolute atomic E-state index is 12.1. The molecule has 3 heterocycles. The van der Waals surface area contributed by atoms with Crippen molar-refractivity contribution in [3.05, 3.63) is 0 Å². The van der Waals surface area contributed by atoms with Crippen LogP contribution in [0, 0.1) is 11.3 Å². The molecule has 0 radical (unpaired) electrons. The van der Waals surface area contributed by atoms with Crippen LogP contribution >= 0.6 is 0 Å². The summed E-state index contributed by atoms with van der Waals surface area (Å²) >= 11 is 0. The highest BCUT2D eigenvalue weighted by molar-refractivity contribution is 5.75. The Labute approximate surface area is 99.3 Å². The Hall–Kier alpha value is -0.650. The third-order valence-corrected chi connectivity index (χ3v) is 4.83. The van der Waals surface area contributed by atoms with Crippen molar-refractivity contribution >= 4 is 5.97 Å². The van der Waals surface area contributed by atoms with Gasteiger partial charge in [0.05, 0.1) is 19.1 Å². The zero-order valence-electron chi connectivity index (χ0n) is 9.81. The van der Waals surface area contributed by atoms with E-state index in [1.165, 1.54) is 0 Å². The van der Waals surface area contributed by atoms with Crippen LogP contribution in [0.3, 0.4) is 0 Å². The van der Waals surface area contributed by atoms with Crippen molar-refractivity contribution in [2.75, 3.05) is 13.2 Å². The van der Waals surface area contributed by atoms with Gasteiger partial charge < -0.3 is 18.9 Å². The molecule has 4 aliphatic rings. The van der Waals surface area contributed by atoms with Crippen LogP contribution in [-0.2, 0) is 23.7 Å². The summed E-state index contributed by atoms with van der Waals surface area (Å²) in [5, 5.41) is 0. The molecule has 1 spiro atoms. The lowest BCUT2D eigenvalue weighted by molar-refractivity contribution is -0.229. The van der Waals surface area contributed by atoms with Crippen molar-refractivity contribution in [2.45, 2.75) is 44.4 Å². The lowest BCUT2D eigenvalue weighted by Gasteiger charge is -2.40. The largest absolute Gasteiger partial charge is 0.433 e. The summed E-state index contributed by atoms with van der Waals surface area (Å²) in [5.74, 6) is -0.845. The molecule has 17 heavy (non-hydrogen) atoms. The Kier molecular flexibility index (Phi) is 1.83. The molecule has 0 bridgehead atoms. The Balaban J connectivity index is 1.75. The molecule has 0 aromatic heterocycles. The van der Waals surface area contributed by atoms with Crippen molar-refractivity contribution < 1.29 is 23.7 Å². The molecule has 4 unspecified atom stereocenters. The van der Waals surface area contributed by atoms with Crippen LogP contribution in [0.15, 0.2) is 0 Å². The standard InChI is InChI=1S/C12H16O5/c1-11-6-8-10(16-8)17-9(13)7(11)2-3-12(11)14-4-5-15-12/h7-8,10H,2-6H2,1H3. The molecule has 94 valence electrons. The molecule has 4 rings (SSSR count). The topological polar surface area (TPSA) is 57.3 Å². The Morgan fingerprint density at radius 1 is 1.29 bits per heavy atom. The van der Waals surface area contributed by atoms with Gasteiger partial charge in [-0.25, -0.2) is 0 Å². The van der Waals surface area contributed by atoms with Gasteiger partial charge in [0.1, 0.15) is 6.10 Å².